The molecule has 0 saturated heterocycles. The maximum absolute atomic E-state index is 12.0. The van der Waals surface area contributed by atoms with Crippen LogP contribution in [-0.2, 0) is 16.0 Å². The number of nitrogens with one attached hydrogen (secondary N) is 2. The highest BCUT2D eigenvalue weighted by Crippen LogP contribution is 2.13. The normalized spacial score (nSPS) is 11.7. The molecule has 2 N–H and O–H groups in total. The summed E-state index contributed by atoms with van der Waals surface area (Å²) < 4.78 is 0. The summed E-state index contributed by atoms with van der Waals surface area (Å²) in [6.45, 7) is 2.45. The Morgan fingerprint density at radius 1 is 1.17 bits per heavy atom. The van der Waals surface area contributed by atoms with Crippen LogP contribution >= 0.6 is 23.1 Å². The van der Waals surface area contributed by atoms with E-state index in [4.69, 9.17) is 0 Å². The van der Waals surface area contributed by atoms with Gasteiger partial charge in [0.2, 0.25) is 11.8 Å². The Morgan fingerprint density at radius 3 is 2.65 bits per heavy atom. The number of benzene rings is 1. The summed E-state index contributed by atoms with van der Waals surface area (Å²) in [4.78, 5) is 25.1. The van der Waals surface area contributed by atoms with Gasteiger partial charge in [-0.2, -0.15) is 0 Å². The van der Waals surface area contributed by atoms with Crippen molar-refractivity contribution in [3.05, 3.63) is 52.7 Å². The Kier molecular flexibility index (Phi) is 7.16. The molecule has 2 rings (SSSR count). The van der Waals surface area contributed by atoms with Crippen molar-refractivity contribution in [2.75, 3.05) is 17.6 Å². The molecule has 2 aromatic rings. The highest BCUT2D eigenvalue weighted by molar-refractivity contribution is 8.01. The first kappa shape index (κ1) is 17.6. The maximum Gasteiger partial charge on any atom is 0.234 e. The fraction of sp³-hybridized carbons (Fsp3) is 0.294. The second-order valence-corrected chi connectivity index (χ2v) is 7.35. The molecule has 0 radical (unpaired) electrons. The van der Waals surface area contributed by atoms with Crippen molar-refractivity contribution in [2.45, 2.75) is 18.6 Å². The van der Waals surface area contributed by atoms with E-state index in [0.717, 1.165) is 12.1 Å². The summed E-state index contributed by atoms with van der Waals surface area (Å²) in [6.07, 6.45) is 0.843. The van der Waals surface area contributed by atoms with E-state index in [0.29, 0.717) is 6.54 Å². The Balaban J connectivity index is 1.64. The molecule has 0 spiro atoms. The average molecular weight is 348 g/mol. The zero-order chi connectivity index (χ0) is 16.5. The molecule has 1 aromatic heterocycles. The third-order valence-corrected chi connectivity index (χ3v) is 5.22. The Hall–Kier alpha value is -1.79. The van der Waals surface area contributed by atoms with Crippen LogP contribution < -0.4 is 10.6 Å². The lowest BCUT2D eigenvalue weighted by Gasteiger charge is -2.12. The van der Waals surface area contributed by atoms with E-state index in [1.54, 1.807) is 11.3 Å². The molecule has 0 fully saturated rings. The first-order valence-corrected chi connectivity index (χ1v) is 9.34. The van der Waals surface area contributed by atoms with Crippen molar-refractivity contribution in [1.29, 1.82) is 0 Å². The van der Waals surface area contributed by atoms with Crippen LogP contribution in [0.5, 0.6) is 0 Å². The minimum atomic E-state index is -0.250. The number of amides is 2. The molecule has 0 saturated carbocycles. The molecule has 6 heteroatoms. The molecular weight excluding hydrogens is 328 g/mol. The van der Waals surface area contributed by atoms with Crippen LogP contribution in [0.3, 0.4) is 0 Å². The molecule has 0 aliphatic carbocycles. The summed E-state index contributed by atoms with van der Waals surface area (Å²) in [5, 5.41) is 7.50. The molecule has 0 aliphatic heterocycles. The molecule has 0 bridgehead atoms. The summed E-state index contributed by atoms with van der Waals surface area (Å²) >= 11 is 3.03. The predicted molar refractivity (Wildman–Crippen MR) is 98.0 cm³/mol. The minimum absolute atomic E-state index is 0.0286. The predicted octanol–water partition coefficient (Wildman–Crippen LogP) is 3.17. The lowest BCUT2D eigenvalue weighted by atomic mass is 10.3. The van der Waals surface area contributed by atoms with Crippen LogP contribution in [0, 0.1) is 0 Å². The number of para-hydroxylation sites is 1. The number of thioether (sulfide) groups is 1. The van der Waals surface area contributed by atoms with E-state index in [-0.39, 0.29) is 22.8 Å². The Morgan fingerprint density at radius 2 is 1.96 bits per heavy atom. The van der Waals surface area contributed by atoms with Gasteiger partial charge in [0.05, 0.1) is 11.0 Å². The highest BCUT2D eigenvalue weighted by Gasteiger charge is 2.14. The van der Waals surface area contributed by atoms with E-state index < -0.39 is 0 Å². The molecule has 2 amide bonds. The summed E-state index contributed by atoms with van der Waals surface area (Å²) in [6, 6.07) is 13.4. The van der Waals surface area contributed by atoms with Crippen molar-refractivity contribution in [2.24, 2.45) is 0 Å². The SMILES string of the molecule is CC(SCC(=O)Nc1ccccc1)C(=O)NCCc1cccs1. The Labute approximate surface area is 144 Å². The van der Waals surface area contributed by atoms with E-state index in [2.05, 4.69) is 16.7 Å². The third kappa shape index (κ3) is 6.46. The monoisotopic (exact) mass is 348 g/mol. The van der Waals surface area contributed by atoms with Crippen LogP contribution in [0.15, 0.2) is 47.8 Å². The van der Waals surface area contributed by atoms with Gasteiger partial charge in [0, 0.05) is 17.1 Å². The van der Waals surface area contributed by atoms with Crippen molar-refractivity contribution < 1.29 is 9.59 Å². The molecule has 1 heterocycles. The second kappa shape index (κ2) is 9.37. The van der Waals surface area contributed by atoms with Crippen LogP contribution in [0.4, 0.5) is 5.69 Å². The number of anilines is 1. The second-order valence-electron chi connectivity index (χ2n) is 4.99. The lowest BCUT2D eigenvalue weighted by molar-refractivity contribution is -0.120. The molecule has 122 valence electrons. The number of hydrogen-bond acceptors (Lipinski definition) is 4. The smallest absolute Gasteiger partial charge is 0.234 e. The third-order valence-electron chi connectivity index (χ3n) is 3.14. The zero-order valence-corrected chi connectivity index (χ0v) is 14.6. The quantitative estimate of drug-likeness (QED) is 0.770. The topological polar surface area (TPSA) is 58.2 Å². The molecule has 23 heavy (non-hydrogen) atoms. The molecule has 4 nitrogen and oxygen atoms in total. The first-order valence-electron chi connectivity index (χ1n) is 7.42. The van der Waals surface area contributed by atoms with E-state index in [9.17, 15) is 9.59 Å². The molecule has 1 aromatic carbocycles. The van der Waals surface area contributed by atoms with E-state index in [1.165, 1.54) is 16.6 Å². The van der Waals surface area contributed by atoms with Gasteiger partial charge < -0.3 is 10.6 Å². The van der Waals surface area contributed by atoms with Crippen molar-refractivity contribution in [3.63, 3.8) is 0 Å². The van der Waals surface area contributed by atoms with Gasteiger partial charge >= 0.3 is 0 Å². The molecule has 0 aliphatic rings. The largest absolute Gasteiger partial charge is 0.355 e. The van der Waals surface area contributed by atoms with Gasteiger partial charge in [-0.1, -0.05) is 24.3 Å². The van der Waals surface area contributed by atoms with Gasteiger partial charge in [-0.25, -0.2) is 0 Å². The highest BCUT2D eigenvalue weighted by atomic mass is 32.2. The molecule has 1 atom stereocenters. The fourth-order valence-electron chi connectivity index (χ4n) is 1.90. The van der Waals surface area contributed by atoms with Gasteiger partial charge in [-0.05, 0) is 36.9 Å². The van der Waals surface area contributed by atoms with Gasteiger partial charge in [0.25, 0.3) is 0 Å². The Bertz CT molecular complexity index is 615. The number of carbonyl (C=O) groups excluding carboxylic acids is 2. The zero-order valence-electron chi connectivity index (χ0n) is 13.0. The van der Waals surface area contributed by atoms with Crippen LogP contribution in [0.25, 0.3) is 0 Å². The number of hydrogen-bond donors (Lipinski definition) is 2. The lowest BCUT2D eigenvalue weighted by Crippen LogP contribution is -2.33. The van der Waals surface area contributed by atoms with Crippen molar-refractivity contribution in [3.8, 4) is 0 Å². The van der Waals surface area contributed by atoms with Gasteiger partial charge in [-0.3, -0.25) is 9.59 Å². The standard InChI is InChI=1S/C17H20N2O2S2/c1-13(17(21)18-10-9-15-8-5-11-22-15)23-12-16(20)19-14-6-3-2-4-7-14/h2-8,11,13H,9-10,12H2,1H3,(H,18,21)(H,19,20). The van der Waals surface area contributed by atoms with Crippen molar-refractivity contribution in [1.82, 2.24) is 5.32 Å². The average Bonchev–Trinajstić information content (AvgIpc) is 3.07. The van der Waals surface area contributed by atoms with Crippen molar-refractivity contribution >= 4 is 40.6 Å². The van der Waals surface area contributed by atoms with E-state index >= 15 is 0 Å². The fourth-order valence-corrected chi connectivity index (χ4v) is 3.32. The molecule has 1 unspecified atom stereocenters. The summed E-state index contributed by atoms with van der Waals surface area (Å²) in [5.74, 6) is 0.132. The van der Waals surface area contributed by atoms with Crippen LogP contribution in [-0.4, -0.2) is 29.4 Å². The summed E-state index contributed by atoms with van der Waals surface area (Å²) in [5.41, 5.74) is 0.770. The van der Waals surface area contributed by atoms with Crippen LogP contribution in [0.2, 0.25) is 0 Å². The molecular formula is C17H20N2O2S2. The van der Waals surface area contributed by atoms with Crippen LogP contribution in [0.1, 0.15) is 11.8 Å². The minimum Gasteiger partial charge on any atom is -0.355 e. The number of carbonyl (C=O) groups is 2. The first-order chi connectivity index (χ1) is 11.1. The summed E-state index contributed by atoms with van der Waals surface area (Å²) in [7, 11) is 0. The van der Waals surface area contributed by atoms with Gasteiger partial charge in [0.1, 0.15) is 0 Å². The maximum atomic E-state index is 12.0. The number of thiophene rings is 1. The van der Waals surface area contributed by atoms with Gasteiger partial charge in [0.15, 0.2) is 0 Å². The van der Waals surface area contributed by atoms with Gasteiger partial charge in [-0.15, -0.1) is 23.1 Å². The number of rotatable bonds is 8. The van der Waals surface area contributed by atoms with E-state index in [1.807, 2.05) is 48.7 Å².